The van der Waals surface area contributed by atoms with E-state index < -0.39 is 15.8 Å². The molecule has 2 heterocycles. The minimum atomic E-state index is -0.579. The zero-order valence-corrected chi connectivity index (χ0v) is 31.7. The summed E-state index contributed by atoms with van der Waals surface area (Å²) in [5, 5.41) is 18.0. The van der Waals surface area contributed by atoms with E-state index >= 15 is 0 Å². The van der Waals surface area contributed by atoms with Crippen LogP contribution in [0, 0.1) is 0 Å². The number of nitrogens with zero attached hydrogens (tertiary/aromatic N) is 2. The third kappa shape index (κ3) is 7.25. The Morgan fingerprint density at radius 3 is 0.935 bits per heavy atom. The first-order chi connectivity index (χ1) is 21.4. The molecule has 242 valence electrons. The number of hydrogen-bond donors (Lipinski definition) is 2. The van der Waals surface area contributed by atoms with Crippen LogP contribution in [0.15, 0.2) is 85.2 Å². The van der Waals surface area contributed by atoms with Crippen molar-refractivity contribution in [3.8, 4) is 44.8 Å². The fourth-order valence-corrected chi connectivity index (χ4v) is 15.7. The zero-order chi connectivity index (χ0) is 33.7. The monoisotopic (exact) mass is 650 g/mol. The summed E-state index contributed by atoms with van der Waals surface area (Å²) in [6.07, 6.45) is 3.63. The van der Waals surface area contributed by atoms with Crippen molar-refractivity contribution < 1.29 is 0 Å². The van der Waals surface area contributed by atoms with E-state index in [0.29, 0.717) is 0 Å². The molecule has 0 amide bonds. The summed E-state index contributed by atoms with van der Waals surface area (Å²) in [4.78, 5) is 0. The van der Waals surface area contributed by atoms with E-state index in [1.807, 2.05) is 24.5 Å². The molecule has 2 N–H and O–H groups in total. The van der Waals surface area contributed by atoms with Crippen LogP contribution in [0.2, 0.25) is 0 Å². The fraction of sp³-hybridized carbons (Fsp3) is 0.400. The number of hydrogen-bond acceptors (Lipinski definition) is 2. The van der Waals surface area contributed by atoms with Crippen molar-refractivity contribution in [1.82, 2.24) is 20.4 Å². The Bertz CT molecular complexity index is 1580. The van der Waals surface area contributed by atoms with Gasteiger partial charge in [-0.2, -0.15) is 10.2 Å². The molecule has 0 atom stereocenters. The summed E-state index contributed by atoms with van der Waals surface area (Å²) in [7, 11) is -1.16. The second kappa shape index (κ2) is 12.5. The van der Waals surface area contributed by atoms with Gasteiger partial charge in [0.15, 0.2) is 0 Å². The van der Waals surface area contributed by atoms with Gasteiger partial charge in [0.1, 0.15) is 0 Å². The number of H-pyrrole nitrogens is 2. The van der Waals surface area contributed by atoms with E-state index in [9.17, 15) is 0 Å². The number of rotatable bonds is 6. The van der Waals surface area contributed by atoms with Crippen molar-refractivity contribution in [3.05, 3.63) is 85.2 Å². The van der Waals surface area contributed by atoms with Crippen LogP contribution in [0.3, 0.4) is 0 Å². The second-order valence-electron chi connectivity index (χ2n) is 16.3. The minimum Gasteiger partial charge on any atom is -0.278 e. The molecule has 0 unspecified atom stereocenters. The molecular formula is C40H52N4P2. The third-order valence-electron chi connectivity index (χ3n) is 8.29. The molecule has 5 rings (SSSR count). The molecule has 4 nitrogen and oxygen atoms in total. The van der Waals surface area contributed by atoms with Gasteiger partial charge in [0, 0.05) is 12.4 Å². The first-order valence-electron chi connectivity index (χ1n) is 16.3. The first kappa shape index (κ1) is 34.3. The molecule has 0 aliphatic carbocycles. The lowest BCUT2D eigenvalue weighted by molar-refractivity contribution is 0.713. The number of nitrogens with one attached hydrogen (secondary N) is 2. The summed E-state index contributed by atoms with van der Waals surface area (Å²) in [6, 6.07) is 27.5. The molecule has 0 radical (unpaired) electrons. The highest BCUT2D eigenvalue weighted by Crippen LogP contribution is 2.62. The quantitative estimate of drug-likeness (QED) is 0.180. The maximum atomic E-state index is 4.18. The third-order valence-corrected chi connectivity index (χ3v) is 15.4. The molecule has 0 spiro atoms. The highest BCUT2D eigenvalue weighted by molar-refractivity contribution is 7.69. The predicted molar refractivity (Wildman–Crippen MR) is 205 cm³/mol. The van der Waals surface area contributed by atoms with Gasteiger partial charge in [-0.1, -0.05) is 147 Å². The van der Waals surface area contributed by atoms with E-state index in [1.165, 1.54) is 32.9 Å². The smallest absolute Gasteiger partial charge is 0.0650 e. The van der Waals surface area contributed by atoms with Crippen molar-refractivity contribution in [1.29, 1.82) is 0 Å². The standard InChI is InChI=1S/C40H52N4P2/c1-37(2,3)45(38(4,5)6)35-25-32(28-15-19-30(20-16-28)34-22-24-42-44-34)36(46(39(7,8)9)40(10,11)12)26-31(35)27-13-17-29(18-14-27)33-21-23-41-43-33/h13-26H,1-12H3,(H,41,43)(H,42,44). The Kier molecular flexibility index (Phi) is 9.33. The molecule has 0 bridgehead atoms. The van der Waals surface area contributed by atoms with E-state index in [4.69, 9.17) is 0 Å². The van der Waals surface area contributed by atoms with Gasteiger partial charge in [0.05, 0.1) is 11.4 Å². The number of aromatic nitrogens is 4. The molecule has 0 saturated carbocycles. The van der Waals surface area contributed by atoms with Crippen LogP contribution in [0.4, 0.5) is 0 Å². The maximum Gasteiger partial charge on any atom is 0.0650 e. The lowest BCUT2D eigenvalue weighted by atomic mass is 9.98. The van der Waals surface area contributed by atoms with Crippen molar-refractivity contribution in [2.24, 2.45) is 0 Å². The van der Waals surface area contributed by atoms with E-state index in [-0.39, 0.29) is 20.6 Å². The van der Waals surface area contributed by atoms with Gasteiger partial charge >= 0.3 is 0 Å². The van der Waals surface area contributed by atoms with Gasteiger partial charge in [-0.15, -0.1) is 0 Å². The summed E-state index contributed by atoms with van der Waals surface area (Å²) in [6.45, 7) is 29.2. The van der Waals surface area contributed by atoms with Gasteiger partial charge in [-0.3, -0.25) is 10.2 Å². The molecule has 0 aliphatic heterocycles. The zero-order valence-electron chi connectivity index (χ0n) is 29.9. The molecule has 3 aromatic carbocycles. The van der Waals surface area contributed by atoms with Crippen molar-refractivity contribution in [2.75, 3.05) is 0 Å². The lowest BCUT2D eigenvalue weighted by Gasteiger charge is -2.45. The SMILES string of the molecule is CC(C)(C)P(c1cc(-c2ccc(-c3ccn[nH]3)cc2)c(P(C(C)(C)C)C(C)(C)C)cc1-c1ccc(-c2ccn[nH]2)cc1)C(C)(C)C. The Hall–Kier alpha value is -3.06. The average molecular weight is 651 g/mol. The Labute approximate surface area is 279 Å². The molecular weight excluding hydrogens is 598 g/mol. The maximum absolute atomic E-state index is 4.18. The summed E-state index contributed by atoms with van der Waals surface area (Å²) < 4.78 is 0. The minimum absolute atomic E-state index is 0.111. The topological polar surface area (TPSA) is 57.4 Å². The molecule has 6 heteroatoms. The molecule has 46 heavy (non-hydrogen) atoms. The summed E-state index contributed by atoms with van der Waals surface area (Å²) >= 11 is 0. The molecule has 0 saturated heterocycles. The predicted octanol–water partition coefficient (Wildman–Crippen LogP) is 11.2. The second-order valence-corrected chi connectivity index (χ2v) is 24.0. The lowest BCUT2D eigenvalue weighted by Crippen LogP contribution is -2.35. The first-order valence-corrected chi connectivity index (χ1v) is 19.0. The number of aromatic amines is 2. The van der Waals surface area contributed by atoms with Crippen LogP contribution in [-0.4, -0.2) is 41.0 Å². The fourth-order valence-electron chi connectivity index (χ4n) is 7.36. The molecule has 0 aliphatic rings. The van der Waals surface area contributed by atoms with E-state index in [1.54, 1.807) is 0 Å². The average Bonchev–Trinajstić information content (AvgIpc) is 3.66. The number of benzene rings is 3. The van der Waals surface area contributed by atoms with Crippen LogP contribution >= 0.6 is 15.8 Å². The Morgan fingerprint density at radius 1 is 0.413 bits per heavy atom. The molecule has 0 fully saturated rings. The van der Waals surface area contributed by atoms with Crippen LogP contribution in [0.25, 0.3) is 44.8 Å². The van der Waals surface area contributed by atoms with E-state index in [2.05, 4.69) is 164 Å². The van der Waals surface area contributed by atoms with Crippen LogP contribution < -0.4 is 10.6 Å². The summed E-state index contributed by atoms with van der Waals surface area (Å²) in [5.41, 5.74) is 9.69. The van der Waals surface area contributed by atoms with Crippen molar-refractivity contribution in [2.45, 2.75) is 104 Å². The Morgan fingerprint density at radius 2 is 0.696 bits per heavy atom. The Balaban J connectivity index is 1.84. The highest BCUT2D eigenvalue weighted by Gasteiger charge is 2.41. The van der Waals surface area contributed by atoms with E-state index in [0.717, 1.165) is 22.5 Å². The van der Waals surface area contributed by atoms with Gasteiger partial charge < -0.3 is 0 Å². The van der Waals surface area contributed by atoms with Crippen LogP contribution in [0.5, 0.6) is 0 Å². The van der Waals surface area contributed by atoms with Crippen molar-refractivity contribution in [3.63, 3.8) is 0 Å². The normalized spacial score (nSPS) is 13.2. The van der Waals surface area contributed by atoms with Crippen LogP contribution in [-0.2, 0) is 0 Å². The molecule has 2 aromatic heterocycles. The van der Waals surface area contributed by atoms with Crippen LogP contribution in [0.1, 0.15) is 83.1 Å². The molecule has 5 aromatic rings. The van der Waals surface area contributed by atoms with Gasteiger partial charge in [0.2, 0.25) is 0 Å². The van der Waals surface area contributed by atoms with Gasteiger partial charge in [0.25, 0.3) is 0 Å². The van der Waals surface area contributed by atoms with Crippen molar-refractivity contribution >= 4 is 26.5 Å². The highest BCUT2D eigenvalue weighted by atomic mass is 31.1. The summed E-state index contributed by atoms with van der Waals surface area (Å²) in [5.74, 6) is 0. The largest absolute Gasteiger partial charge is 0.278 e. The van der Waals surface area contributed by atoms with Gasteiger partial charge in [-0.25, -0.2) is 0 Å². The van der Waals surface area contributed by atoms with Gasteiger partial charge in [-0.05, 0) is 88.9 Å².